The van der Waals surface area contributed by atoms with Gasteiger partial charge in [-0.1, -0.05) is 78.4 Å². The molecule has 0 amide bonds. The van der Waals surface area contributed by atoms with E-state index in [1.54, 1.807) is 12.1 Å². The molecule has 6 nitrogen and oxygen atoms in total. The van der Waals surface area contributed by atoms with Gasteiger partial charge >= 0.3 is 0 Å². The van der Waals surface area contributed by atoms with Crippen molar-refractivity contribution in [3.8, 4) is 0 Å². The third-order valence-electron chi connectivity index (χ3n) is 4.94. The fourth-order valence-electron chi connectivity index (χ4n) is 3.16. The van der Waals surface area contributed by atoms with Gasteiger partial charge in [-0.2, -0.15) is 8.42 Å². The first kappa shape index (κ1) is 24.8. The van der Waals surface area contributed by atoms with Crippen LogP contribution in [-0.2, 0) is 41.8 Å². The number of benzene rings is 3. The maximum Gasteiger partial charge on any atom is 0.297 e. The Morgan fingerprint density at radius 1 is 0.818 bits per heavy atom. The molecule has 0 radical (unpaired) electrons. The van der Waals surface area contributed by atoms with Crippen LogP contribution in [-0.4, -0.2) is 33.5 Å². The summed E-state index contributed by atoms with van der Waals surface area (Å²) in [7, 11) is -4.04. The number of hydrogen-bond donors (Lipinski definition) is 0. The third kappa shape index (κ3) is 8.22. The lowest BCUT2D eigenvalue weighted by Crippen LogP contribution is -2.30. The lowest BCUT2D eigenvalue weighted by Gasteiger charge is -2.21. The van der Waals surface area contributed by atoms with Crippen molar-refractivity contribution in [1.82, 2.24) is 0 Å². The number of rotatable bonds is 13. The van der Waals surface area contributed by atoms with Crippen LogP contribution in [0, 0.1) is 6.92 Å². The molecule has 7 heteroatoms. The maximum absolute atomic E-state index is 12.8. The van der Waals surface area contributed by atoms with Crippen LogP contribution in [0.5, 0.6) is 0 Å². The number of carbonyl (C=O) groups is 1. The average molecular weight is 469 g/mol. The van der Waals surface area contributed by atoms with Gasteiger partial charge in [0.25, 0.3) is 10.1 Å². The predicted molar refractivity (Wildman–Crippen MR) is 125 cm³/mol. The van der Waals surface area contributed by atoms with Gasteiger partial charge in [-0.15, -0.1) is 0 Å². The van der Waals surface area contributed by atoms with Crippen molar-refractivity contribution < 1.29 is 26.9 Å². The van der Waals surface area contributed by atoms with Gasteiger partial charge in [0, 0.05) is 6.42 Å². The van der Waals surface area contributed by atoms with E-state index in [2.05, 4.69) is 0 Å². The summed E-state index contributed by atoms with van der Waals surface area (Å²) in [4.78, 5) is 11.7. The first-order valence-corrected chi connectivity index (χ1v) is 12.1. The molecule has 0 spiro atoms. The standard InChI is InChI=1S/C26H28O6S/c1-21-12-14-26(15-13-21)33(28,29)32-25(20-30-18-22-8-4-2-5-9-22)16-24(17-27)31-19-23-10-6-3-7-11-23/h2-15,17,24-25H,16,18-20H2,1H3/t24-,25+/m0/s1. The van der Waals surface area contributed by atoms with E-state index in [0.717, 1.165) is 16.7 Å². The number of aryl methyl sites for hydroxylation is 1. The molecule has 3 rings (SSSR count). The van der Waals surface area contributed by atoms with Gasteiger partial charge < -0.3 is 14.3 Å². The van der Waals surface area contributed by atoms with Crippen LogP contribution in [0.4, 0.5) is 0 Å². The number of ether oxygens (including phenoxy) is 2. The van der Waals surface area contributed by atoms with E-state index >= 15 is 0 Å². The Bertz CT molecular complexity index is 1080. The van der Waals surface area contributed by atoms with Gasteiger partial charge in [0.1, 0.15) is 18.5 Å². The molecule has 0 saturated heterocycles. The van der Waals surface area contributed by atoms with Crippen LogP contribution in [0.25, 0.3) is 0 Å². The minimum Gasteiger partial charge on any atom is -0.374 e. The van der Waals surface area contributed by atoms with Gasteiger partial charge in [0.2, 0.25) is 0 Å². The summed E-state index contributed by atoms with van der Waals surface area (Å²) in [6.45, 7) is 2.38. The second-order valence-electron chi connectivity index (χ2n) is 7.69. The SMILES string of the molecule is Cc1ccc(S(=O)(=O)O[C@@H](COCc2ccccc2)C[C@@H](C=O)OCc2ccccc2)cc1. The third-order valence-corrected chi connectivity index (χ3v) is 6.32. The van der Waals surface area contributed by atoms with E-state index in [4.69, 9.17) is 13.7 Å². The number of aldehydes is 1. The van der Waals surface area contributed by atoms with E-state index < -0.39 is 22.3 Å². The first-order valence-electron chi connectivity index (χ1n) is 10.7. The molecule has 0 N–H and O–H groups in total. The molecule has 0 bridgehead atoms. The molecule has 0 heterocycles. The van der Waals surface area contributed by atoms with Crippen LogP contribution >= 0.6 is 0 Å². The van der Waals surface area contributed by atoms with E-state index in [1.807, 2.05) is 67.6 Å². The van der Waals surface area contributed by atoms with Gasteiger partial charge in [-0.3, -0.25) is 4.18 Å². The molecule has 174 valence electrons. The molecule has 33 heavy (non-hydrogen) atoms. The zero-order chi connectivity index (χ0) is 23.5. The Morgan fingerprint density at radius 2 is 1.39 bits per heavy atom. The molecule has 0 aliphatic rings. The van der Waals surface area contributed by atoms with Gasteiger partial charge in [-0.05, 0) is 30.2 Å². The van der Waals surface area contributed by atoms with Crippen molar-refractivity contribution in [1.29, 1.82) is 0 Å². The monoisotopic (exact) mass is 468 g/mol. The van der Waals surface area contributed by atoms with Crippen LogP contribution < -0.4 is 0 Å². The Hall–Kier alpha value is -2.84. The fourth-order valence-corrected chi connectivity index (χ4v) is 4.23. The summed E-state index contributed by atoms with van der Waals surface area (Å²) in [5.41, 5.74) is 2.80. The summed E-state index contributed by atoms with van der Waals surface area (Å²) in [6.07, 6.45) is -1.04. The topological polar surface area (TPSA) is 78.9 Å². The second kappa shape index (κ2) is 12.4. The normalized spacial score (nSPS) is 13.4. The Balaban J connectivity index is 1.67. The Labute approximate surface area is 195 Å². The van der Waals surface area contributed by atoms with Gasteiger partial charge in [0.05, 0.1) is 24.7 Å². The molecule has 3 aromatic rings. The summed E-state index contributed by atoms with van der Waals surface area (Å²) in [5.74, 6) is 0. The molecule has 2 atom stereocenters. The van der Waals surface area contributed by atoms with Gasteiger partial charge in [0.15, 0.2) is 0 Å². The Morgan fingerprint density at radius 3 is 1.97 bits per heavy atom. The smallest absolute Gasteiger partial charge is 0.297 e. The maximum atomic E-state index is 12.8. The summed E-state index contributed by atoms with van der Waals surface area (Å²) in [5, 5.41) is 0. The summed E-state index contributed by atoms with van der Waals surface area (Å²) >= 11 is 0. The molecule has 0 unspecified atom stereocenters. The molecular formula is C26H28O6S. The zero-order valence-corrected chi connectivity index (χ0v) is 19.3. The number of carbonyl (C=O) groups excluding carboxylic acids is 1. The highest BCUT2D eigenvalue weighted by Gasteiger charge is 2.25. The predicted octanol–water partition coefficient (Wildman–Crippen LogP) is 4.46. The molecule has 0 aliphatic heterocycles. The molecule has 0 aromatic heterocycles. The zero-order valence-electron chi connectivity index (χ0n) is 18.5. The number of hydrogen-bond acceptors (Lipinski definition) is 6. The molecule has 0 fully saturated rings. The lowest BCUT2D eigenvalue weighted by molar-refractivity contribution is -0.121. The van der Waals surface area contributed by atoms with Crippen molar-refractivity contribution in [2.75, 3.05) is 6.61 Å². The first-order chi connectivity index (χ1) is 16.0. The summed E-state index contributed by atoms with van der Waals surface area (Å²) in [6, 6.07) is 25.4. The minimum atomic E-state index is -4.04. The largest absolute Gasteiger partial charge is 0.374 e. The highest BCUT2D eigenvalue weighted by Crippen LogP contribution is 2.19. The highest BCUT2D eigenvalue weighted by atomic mass is 32.2. The van der Waals surface area contributed by atoms with Gasteiger partial charge in [-0.25, -0.2) is 0 Å². The quantitative estimate of drug-likeness (QED) is 0.272. The molecule has 0 saturated carbocycles. The van der Waals surface area contributed by atoms with Crippen LogP contribution in [0.3, 0.4) is 0 Å². The minimum absolute atomic E-state index is 0.0149. The average Bonchev–Trinajstić information content (AvgIpc) is 2.83. The highest BCUT2D eigenvalue weighted by molar-refractivity contribution is 7.86. The van der Waals surface area contributed by atoms with E-state index in [0.29, 0.717) is 12.9 Å². The molecule has 3 aromatic carbocycles. The van der Waals surface area contributed by atoms with Crippen molar-refractivity contribution in [2.45, 2.75) is 43.7 Å². The van der Waals surface area contributed by atoms with Crippen LogP contribution in [0.15, 0.2) is 89.8 Å². The van der Waals surface area contributed by atoms with E-state index in [9.17, 15) is 13.2 Å². The fraction of sp³-hybridized carbons (Fsp3) is 0.269. The van der Waals surface area contributed by atoms with Crippen molar-refractivity contribution in [2.24, 2.45) is 0 Å². The molecule has 0 aliphatic carbocycles. The second-order valence-corrected chi connectivity index (χ2v) is 9.27. The Kier molecular flexibility index (Phi) is 9.33. The van der Waals surface area contributed by atoms with Crippen molar-refractivity contribution in [3.63, 3.8) is 0 Å². The summed E-state index contributed by atoms with van der Waals surface area (Å²) < 4.78 is 42.6. The van der Waals surface area contributed by atoms with E-state index in [1.165, 1.54) is 12.1 Å². The van der Waals surface area contributed by atoms with Crippen molar-refractivity contribution in [3.05, 3.63) is 102 Å². The van der Waals surface area contributed by atoms with Crippen LogP contribution in [0.1, 0.15) is 23.1 Å². The van der Waals surface area contributed by atoms with Crippen LogP contribution in [0.2, 0.25) is 0 Å². The molecular weight excluding hydrogens is 440 g/mol. The van der Waals surface area contributed by atoms with E-state index in [-0.39, 0.29) is 24.5 Å². The lowest BCUT2D eigenvalue weighted by atomic mass is 10.1. The van der Waals surface area contributed by atoms with Crippen molar-refractivity contribution >= 4 is 16.4 Å².